The molecule has 5 rings (SSSR count). The second kappa shape index (κ2) is 7.86. The van der Waals surface area contributed by atoms with Crippen LogP contribution in [0.25, 0.3) is 0 Å². The summed E-state index contributed by atoms with van der Waals surface area (Å²) in [4.78, 5) is 20.1. The van der Waals surface area contributed by atoms with Crippen LogP contribution in [0.2, 0.25) is 0 Å². The number of aromatic hydroxyl groups is 1. The summed E-state index contributed by atoms with van der Waals surface area (Å²) in [6.45, 7) is 5.79. The highest BCUT2D eigenvalue weighted by Gasteiger charge is 2.34. The minimum Gasteiger partial charge on any atom is -0.508 e. The first kappa shape index (κ1) is 19.3. The summed E-state index contributed by atoms with van der Waals surface area (Å²) in [6, 6.07) is 14.7. The molecule has 1 unspecified atom stereocenters. The maximum Gasteiger partial charge on any atom is 0.254 e. The molecule has 3 aliphatic rings. The Balaban J connectivity index is 1.30. The van der Waals surface area contributed by atoms with Crippen molar-refractivity contribution in [3.63, 3.8) is 0 Å². The Kier molecular flexibility index (Phi) is 5.05. The topological polar surface area (TPSA) is 47.0 Å². The number of fused-ring (bicyclic) bond motifs is 1. The van der Waals surface area contributed by atoms with E-state index in [1.165, 1.54) is 24.8 Å². The predicted octanol–water partition coefficient (Wildman–Crippen LogP) is 4.40. The fourth-order valence-electron chi connectivity index (χ4n) is 5.42. The van der Waals surface area contributed by atoms with Gasteiger partial charge in [0, 0.05) is 55.2 Å². The Labute approximate surface area is 178 Å². The standard InChI is InChI=1S/C25H31N3O2/c1-18-16-26(20-9-11-23(29)12-10-20)13-14-27(18)22-8-7-19-17-28(25(30)24(19)15-22)21-5-3-2-4-6-21/h7-12,15,18,21,29H,2-6,13-14,16-17H2,1H3. The predicted molar refractivity (Wildman–Crippen MR) is 120 cm³/mol. The van der Waals surface area contributed by atoms with Gasteiger partial charge in [-0.05, 0) is 61.7 Å². The molecule has 2 aliphatic heterocycles. The molecule has 1 amide bonds. The van der Waals surface area contributed by atoms with Crippen LogP contribution in [0.3, 0.4) is 0 Å². The van der Waals surface area contributed by atoms with Gasteiger partial charge in [0.2, 0.25) is 0 Å². The van der Waals surface area contributed by atoms with Crippen LogP contribution >= 0.6 is 0 Å². The number of benzene rings is 2. The van der Waals surface area contributed by atoms with E-state index in [-0.39, 0.29) is 5.91 Å². The number of carbonyl (C=O) groups is 1. The van der Waals surface area contributed by atoms with E-state index in [0.29, 0.717) is 17.8 Å². The van der Waals surface area contributed by atoms with Crippen LogP contribution in [-0.4, -0.2) is 47.6 Å². The molecule has 0 radical (unpaired) electrons. The van der Waals surface area contributed by atoms with Crippen LogP contribution < -0.4 is 9.80 Å². The van der Waals surface area contributed by atoms with Crippen LogP contribution in [0, 0.1) is 0 Å². The van der Waals surface area contributed by atoms with E-state index in [4.69, 9.17) is 0 Å². The maximum atomic E-state index is 13.2. The lowest BCUT2D eigenvalue weighted by Crippen LogP contribution is -2.52. The van der Waals surface area contributed by atoms with Crippen molar-refractivity contribution in [1.82, 2.24) is 4.90 Å². The number of rotatable bonds is 3. The van der Waals surface area contributed by atoms with E-state index in [2.05, 4.69) is 39.8 Å². The average Bonchev–Trinajstić information content (AvgIpc) is 3.11. The number of nitrogens with zero attached hydrogens (tertiary/aromatic N) is 3. The normalized spacial score (nSPS) is 22.5. The molecule has 1 saturated heterocycles. The van der Waals surface area contributed by atoms with Crippen LogP contribution in [-0.2, 0) is 6.54 Å². The van der Waals surface area contributed by atoms with Crippen LogP contribution in [0.4, 0.5) is 11.4 Å². The summed E-state index contributed by atoms with van der Waals surface area (Å²) < 4.78 is 0. The van der Waals surface area contributed by atoms with Gasteiger partial charge in [-0.25, -0.2) is 0 Å². The number of piperazine rings is 1. The molecule has 2 fully saturated rings. The lowest BCUT2D eigenvalue weighted by atomic mass is 9.94. The zero-order chi connectivity index (χ0) is 20.7. The van der Waals surface area contributed by atoms with Gasteiger partial charge in [-0.2, -0.15) is 0 Å². The number of amides is 1. The van der Waals surface area contributed by atoms with Crippen LogP contribution in [0.15, 0.2) is 42.5 Å². The third kappa shape index (κ3) is 3.51. The SMILES string of the molecule is CC1CN(c2ccc(O)cc2)CCN1c1ccc2c(c1)C(=O)N(C1CCCCC1)C2. The molecule has 30 heavy (non-hydrogen) atoms. The van der Waals surface area contributed by atoms with Crippen molar-refractivity contribution in [3.8, 4) is 5.75 Å². The highest BCUT2D eigenvalue weighted by atomic mass is 16.3. The van der Waals surface area contributed by atoms with Crippen molar-refractivity contribution >= 4 is 17.3 Å². The molecular weight excluding hydrogens is 374 g/mol. The molecule has 1 aliphatic carbocycles. The molecule has 1 N–H and O–H groups in total. The maximum absolute atomic E-state index is 13.2. The number of phenolic OH excluding ortho intramolecular Hbond substituents is 1. The van der Waals surface area contributed by atoms with E-state index in [1.54, 1.807) is 12.1 Å². The molecule has 5 heteroatoms. The summed E-state index contributed by atoms with van der Waals surface area (Å²) in [5.41, 5.74) is 4.40. The van der Waals surface area contributed by atoms with Gasteiger partial charge >= 0.3 is 0 Å². The fourth-order valence-corrected chi connectivity index (χ4v) is 5.42. The molecular formula is C25H31N3O2. The first-order valence-corrected chi connectivity index (χ1v) is 11.3. The van der Waals surface area contributed by atoms with Gasteiger partial charge in [0.15, 0.2) is 0 Å². The van der Waals surface area contributed by atoms with Crippen LogP contribution in [0.1, 0.15) is 54.9 Å². The average molecular weight is 406 g/mol. The molecule has 2 aromatic carbocycles. The van der Waals surface area contributed by atoms with Crippen LogP contribution in [0.5, 0.6) is 5.75 Å². The lowest BCUT2D eigenvalue weighted by molar-refractivity contribution is 0.0660. The summed E-state index contributed by atoms with van der Waals surface area (Å²) in [5, 5.41) is 9.54. The number of hydrogen-bond donors (Lipinski definition) is 1. The number of carbonyl (C=O) groups excluding carboxylic acids is 1. The summed E-state index contributed by atoms with van der Waals surface area (Å²) in [6.07, 6.45) is 6.12. The summed E-state index contributed by atoms with van der Waals surface area (Å²) in [7, 11) is 0. The van der Waals surface area contributed by atoms with Gasteiger partial charge in [0.25, 0.3) is 5.91 Å². The monoisotopic (exact) mass is 405 g/mol. The van der Waals surface area contributed by atoms with Crippen molar-refractivity contribution in [2.24, 2.45) is 0 Å². The van der Waals surface area contributed by atoms with Gasteiger partial charge in [-0.15, -0.1) is 0 Å². The van der Waals surface area contributed by atoms with Crippen molar-refractivity contribution in [2.75, 3.05) is 29.4 Å². The van der Waals surface area contributed by atoms with Gasteiger partial charge in [-0.3, -0.25) is 4.79 Å². The molecule has 2 heterocycles. The molecule has 158 valence electrons. The third-order valence-electron chi connectivity index (χ3n) is 7.11. The summed E-state index contributed by atoms with van der Waals surface area (Å²) >= 11 is 0. The Bertz CT molecular complexity index is 920. The largest absolute Gasteiger partial charge is 0.508 e. The molecule has 1 atom stereocenters. The first-order chi connectivity index (χ1) is 14.6. The van der Waals surface area contributed by atoms with Crippen molar-refractivity contribution in [2.45, 2.75) is 57.7 Å². The van der Waals surface area contributed by atoms with E-state index in [1.807, 2.05) is 12.1 Å². The third-order valence-corrected chi connectivity index (χ3v) is 7.11. The molecule has 0 spiro atoms. The Morgan fingerprint density at radius 1 is 0.900 bits per heavy atom. The number of anilines is 2. The zero-order valence-corrected chi connectivity index (χ0v) is 17.8. The number of phenols is 1. The quantitative estimate of drug-likeness (QED) is 0.822. The molecule has 0 bridgehead atoms. The fraction of sp³-hybridized carbons (Fsp3) is 0.480. The Hall–Kier alpha value is -2.69. The van der Waals surface area contributed by atoms with E-state index < -0.39 is 0 Å². The van der Waals surface area contributed by atoms with Crippen molar-refractivity contribution in [3.05, 3.63) is 53.6 Å². The molecule has 5 nitrogen and oxygen atoms in total. The second-order valence-corrected chi connectivity index (χ2v) is 9.07. The van der Waals surface area contributed by atoms with E-state index in [0.717, 1.165) is 56.0 Å². The van der Waals surface area contributed by atoms with Gasteiger partial charge < -0.3 is 19.8 Å². The highest BCUT2D eigenvalue weighted by molar-refractivity contribution is 5.99. The first-order valence-electron chi connectivity index (χ1n) is 11.3. The minimum atomic E-state index is 0.231. The van der Waals surface area contributed by atoms with Gasteiger partial charge in [-0.1, -0.05) is 25.3 Å². The minimum absolute atomic E-state index is 0.231. The molecule has 2 aromatic rings. The smallest absolute Gasteiger partial charge is 0.254 e. The van der Waals surface area contributed by atoms with Gasteiger partial charge in [0.05, 0.1) is 0 Å². The van der Waals surface area contributed by atoms with Crippen molar-refractivity contribution < 1.29 is 9.90 Å². The van der Waals surface area contributed by atoms with E-state index >= 15 is 0 Å². The lowest BCUT2D eigenvalue weighted by Gasteiger charge is -2.42. The van der Waals surface area contributed by atoms with Gasteiger partial charge in [0.1, 0.15) is 5.75 Å². The Morgan fingerprint density at radius 2 is 1.63 bits per heavy atom. The Morgan fingerprint density at radius 3 is 2.37 bits per heavy atom. The summed E-state index contributed by atoms with van der Waals surface area (Å²) in [5.74, 6) is 0.532. The highest BCUT2D eigenvalue weighted by Crippen LogP contribution is 2.34. The second-order valence-electron chi connectivity index (χ2n) is 9.07. The number of hydrogen-bond acceptors (Lipinski definition) is 4. The van der Waals surface area contributed by atoms with E-state index in [9.17, 15) is 9.90 Å². The van der Waals surface area contributed by atoms with Crippen molar-refractivity contribution in [1.29, 1.82) is 0 Å². The molecule has 0 aromatic heterocycles. The zero-order valence-electron chi connectivity index (χ0n) is 17.8. The molecule has 1 saturated carbocycles.